The fraction of sp³-hybridized carbons (Fsp3) is 0.750. The van der Waals surface area contributed by atoms with Crippen LogP contribution < -0.4 is 10.6 Å². The van der Waals surface area contributed by atoms with Gasteiger partial charge >= 0.3 is 0 Å². The average molecular weight is 200 g/mol. The molecule has 0 spiro atoms. The van der Waals surface area contributed by atoms with Gasteiger partial charge in [-0.2, -0.15) is 0 Å². The van der Waals surface area contributed by atoms with Gasteiger partial charge in [0.2, 0.25) is 5.13 Å². The van der Waals surface area contributed by atoms with Crippen molar-refractivity contribution in [1.82, 2.24) is 10.2 Å². The molecule has 4 nitrogen and oxygen atoms in total. The molecule has 1 heterocycles. The smallest absolute Gasteiger partial charge is 0.208 e. The molecule has 0 saturated carbocycles. The fourth-order valence-corrected chi connectivity index (χ4v) is 1.76. The zero-order valence-electron chi connectivity index (χ0n) is 8.10. The van der Waals surface area contributed by atoms with Crippen molar-refractivity contribution in [3.63, 3.8) is 0 Å². The summed E-state index contributed by atoms with van der Waals surface area (Å²) >= 11 is 1.56. The highest BCUT2D eigenvalue weighted by Gasteiger charge is 2.09. The first-order valence-electron chi connectivity index (χ1n) is 4.45. The number of rotatable bonds is 5. The second-order valence-corrected chi connectivity index (χ2v) is 4.16. The van der Waals surface area contributed by atoms with E-state index in [-0.39, 0.29) is 0 Å². The highest BCUT2D eigenvalue weighted by molar-refractivity contribution is 7.13. The van der Waals surface area contributed by atoms with Gasteiger partial charge in [-0.1, -0.05) is 25.2 Å². The Balaban J connectivity index is 2.57. The molecule has 0 aromatic carbocycles. The topological polar surface area (TPSA) is 55.0 Å². The van der Waals surface area contributed by atoms with Gasteiger partial charge in [0.05, 0.1) is 0 Å². The summed E-state index contributed by atoms with van der Waals surface area (Å²) in [5.74, 6) is 0.621. The molecule has 0 fully saturated rings. The molecule has 1 aromatic rings. The molecule has 0 unspecified atom stereocenters. The molecule has 0 bridgehead atoms. The van der Waals surface area contributed by atoms with Gasteiger partial charge in [-0.3, -0.25) is 0 Å². The third kappa shape index (κ3) is 3.28. The summed E-state index contributed by atoms with van der Waals surface area (Å²) in [4.78, 5) is 2.18. The lowest BCUT2D eigenvalue weighted by molar-refractivity contribution is 0.609. The van der Waals surface area contributed by atoms with Crippen molar-refractivity contribution in [1.29, 1.82) is 0 Å². The molecule has 0 atom stereocenters. The van der Waals surface area contributed by atoms with Gasteiger partial charge in [0, 0.05) is 19.6 Å². The number of nitrogens with two attached hydrogens (primary N) is 1. The van der Waals surface area contributed by atoms with Gasteiger partial charge in [-0.15, -0.1) is 10.2 Å². The predicted octanol–water partition coefficient (Wildman–Crippen LogP) is 0.959. The second-order valence-electron chi connectivity index (χ2n) is 3.35. The van der Waals surface area contributed by atoms with Crippen molar-refractivity contribution in [3.05, 3.63) is 5.51 Å². The standard InChI is InChI=1S/C8H16N4S/c1-7(2)5-12(4-3-9)8-11-10-6-13-8/h6-7H,3-5,9H2,1-2H3. The third-order valence-corrected chi connectivity index (χ3v) is 2.35. The average Bonchev–Trinajstić information content (AvgIpc) is 2.54. The Bertz CT molecular complexity index is 222. The molecular weight excluding hydrogens is 184 g/mol. The number of nitrogens with zero attached hydrogens (tertiary/aromatic N) is 3. The molecule has 1 aromatic heterocycles. The van der Waals surface area contributed by atoms with Crippen LogP contribution in [-0.2, 0) is 0 Å². The van der Waals surface area contributed by atoms with Gasteiger partial charge < -0.3 is 10.6 Å². The molecular formula is C8H16N4S. The van der Waals surface area contributed by atoms with Crippen molar-refractivity contribution in [2.75, 3.05) is 24.5 Å². The number of aromatic nitrogens is 2. The zero-order valence-corrected chi connectivity index (χ0v) is 8.92. The van der Waals surface area contributed by atoms with Crippen molar-refractivity contribution in [2.24, 2.45) is 11.7 Å². The lowest BCUT2D eigenvalue weighted by Crippen LogP contribution is -2.32. The number of anilines is 1. The van der Waals surface area contributed by atoms with Crippen molar-refractivity contribution in [2.45, 2.75) is 13.8 Å². The minimum absolute atomic E-state index is 0.621. The first-order chi connectivity index (χ1) is 6.24. The first kappa shape index (κ1) is 10.4. The highest BCUT2D eigenvalue weighted by Crippen LogP contribution is 2.16. The lowest BCUT2D eigenvalue weighted by atomic mass is 10.2. The molecule has 0 aliphatic carbocycles. The van der Waals surface area contributed by atoms with E-state index in [9.17, 15) is 0 Å². The maximum Gasteiger partial charge on any atom is 0.208 e. The predicted molar refractivity (Wildman–Crippen MR) is 56.0 cm³/mol. The number of hydrogen-bond acceptors (Lipinski definition) is 5. The van der Waals surface area contributed by atoms with Crippen LogP contribution in [0.25, 0.3) is 0 Å². The quantitative estimate of drug-likeness (QED) is 0.769. The van der Waals surface area contributed by atoms with Gasteiger partial charge in [0.25, 0.3) is 0 Å². The molecule has 5 heteroatoms. The summed E-state index contributed by atoms with van der Waals surface area (Å²) < 4.78 is 0. The lowest BCUT2D eigenvalue weighted by Gasteiger charge is -2.22. The summed E-state index contributed by atoms with van der Waals surface area (Å²) in [6.45, 7) is 6.88. The normalized spacial score (nSPS) is 10.8. The molecule has 1 rings (SSSR count). The Labute approximate surface area is 82.8 Å². The zero-order chi connectivity index (χ0) is 9.68. The molecule has 0 aliphatic heterocycles. The van der Waals surface area contributed by atoms with Crippen molar-refractivity contribution >= 4 is 16.5 Å². The SMILES string of the molecule is CC(C)CN(CCN)c1nncs1. The Morgan fingerprint density at radius 2 is 2.38 bits per heavy atom. The molecule has 0 saturated heterocycles. The van der Waals surface area contributed by atoms with Gasteiger partial charge in [-0.05, 0) is 5.92 Å². The minimum atomic E-state index is 0.621. The monoisotopic (exact) mass is 200 g/mol. The Morgan fingerprint density at radius 1 is 1.62 bits per heavy atom. The van der Waals surface area contributed by atoms with Crippen LogP contribution >= 0.6 is 11.3 Å². The summed E-state index contributed by atoms with van der Waals surface area (Å²) in [5, 5.41) is 8.82. The van der Waals surface area contributed by atoms with Gasteiger partial charge in [0.15, 0.2) is 0 Å². The minimum Gasteiger partial charge on any atom is -0.345 e. The Hall–Kier alpha value is -0.680. The maximum absolute atomic E-state index is 5.53. The summed E-state index contributed by atoms with van der Waals surface area (Å²) in [7, 11) is 0. The molecule has 13 heavy (non-hydrogen) atoms. The van der Waals surface area contributed by atoms with E-state index in [0.29, 0.717) is 12.5 Å². The van der Waals surface area contributed by atoms with Crippen LogP contribution in [0.4, 0.5) is 5.13 Å². The van der Waals surface area contributed by atoms with E-state index in [1.807, 2.05) is 0 Å². The molecule has 2 N–H and O–H groups in total. The van der Waals surface area contributed by atoms with E-state index in [1.54, 1.807) is 16.8 Å². The Kier molecular flexibility index (Phi) is 4.11. The van der Waals surface area contributed by atoms with E-state index in [4.69, 9.17) is 5.73 Å². The molecule has 0 radical (unpaired) electrons. The molecule has 0 aliphatic rings. The van der Waals surface area contributed by atoms with Gasteiger partial charge in [-0.25, -0.2) is 0 Å². The molecule has 74 valence electrons. The largest absolute Gasteiger partial charge is 0.345 e. The molecule has 0 amide bonds. The van der Waals surface area contributed by atoms with Crippen LogP contribution in [0.3, 0.4) is 0 Å². The third-order valence-electron chi connectivity index (χ3n) is 1.60. The van der Waals surface area contributed by atoms with Crippen LogP contribution in [0.15, 0.2) is 5.51 Å². The summed E-state index contributed by atoms with van der Waals surface area (Å²) in [5.41, 5.74) is 7.28. The van der Waals surface area contributed by atoms with E-state index >= 15 is 0 Å². The van der Waals surface area contributed by atoms with Crippen molar-refractivity contribution in [3.8, 4) is 0 Å². The van der Waals surface area contributed by atoms with Crippen LogP contribution in [0.1, 0.15) is 13.8 Å². The van der Waals surface area contributed by atoms with E-state index < -0.39 is 0 Å². The first-order valence-corrected chi connectivity index (χ1v) is 5.33. The van der Waals surface area contributed by atoms with Gasteiger partial charge in [0.1, 0.15) is 5.51 Å². The number of hydrogen-bond donors (Lipinski definition) is 1. The van der Waals surface area contributed by atoms with E-state index in [1.165, 1.54) is 0 Å². The van der Waals surface area contributed by atoms with E-state index in [2.05, 4.69) is 28.9 Å². The van der Waals surface area contributed by atoms with Crippen molar-refractivity contribution < 1.29 is 0 Å². The fourth-order valence-electron chi connectivity index (χ4n) is 1.17. The van der Waals surface area contributed by atoms with Crippen LogP contribution in [0.5, 0.6) is 0 Å². The van der Waals surface area contributed by atoms with E-state index in [0.717, 1.165) is 18.2 Å². The summed E-state index contributed by atoms with van der Waals surface area (Å²) in [6.07, 6.45) is 0. The van der Waals surface area contributed by atoms with Crippen LogP contribution in [0.2, 0.25) is 0 Å². The summed E-state index contributed by atoms with van der Waals surface area (Å²) in [6, 6.07) is 0. The Morgan fingerprint density at radius 3 is 2.85 bits per heavy atom. The van der Waals surface area contributed by atoms with Crippen LogP contribution in [0, 0.1) is 5.92 Å². The second kappa shape index (κ2) is 5.14. The maximum atomic E-state index is 5.53. The van der Waals surface area contributed by atoms with Crippen LogP contribution in [-0.4, -0.2) is 29.8 Å². The highest BCUT2D eigenvalue weighted by atomic mass is 32.1.